The molecule has 1 aliphatic heterocycles. The molecule has 0 radical (unpaired) electrons. The lowest BCUT2D eigenvalue weighted by molar-refractivity contribution is -0.143. The number of ether oxygens (including phenoxy) is 1. The number of alkyl carbamates (subject to hydrolysis) is 1. The van der Waals surface area contributed by atoms with Crippen LogP contribution in [-0.2, 0) is 30.9 Å². The number of rotatable bonds is 11. The van der Waals surface area contributed by atoms with Crippen molar-refractivity contribution in [2.45, 2.75) is 84.4 Å². The van der Waals surface area contributed by atoms with Gasteiger partial charge in [-0.25, -0.2) is 14.3 Å². The average molecular weight is 731 g/mol. The molecule has 2 aromatic carbocycles. The third-order valence-electron chi connectivity index (χ3n) is 8.62. The van der Waals surface area contributed by atoms with Crippen molar-refractivity contribution in [1.82, 2.24) is 34.8 Å². The monoisotopic (exact) mass is 730 g/mol. The second kappa shape index (κ2) is 15.5. The third kappa shape index (κ3) is 9.58. The molecule has 278 valence electrons. The molecular weight excluding hydrogens is 689 g/mol. The van der Waals surface area contributed by atoms with Crippen molar-refractivity contribution in [3.8, 4) is 22.4 Å². The molecule has 4 heterocycles. The fourth-order valence-corrected chi connectivity index (χ4v) is 6.14. The van der Waals surface area contributed by atoms with Crippen molar-refractivity contribution in [1.29, 1.82) is 0 Å². The lowest BCUT2D eigenvalue weighted by atomic mass is 10.0. The van der Waals surface area contributed by atoms with Gasteiger partial charge >= 0.3 is 18.3 Å². The number of unbranched alkanes of at least 4 members (excludes halogenated alkanes) is 3. The van der Waals surface area contributed by atoms with Gasteiger partial charge in [-0.15, -0.1) is 0 Å². The minimum atomic E-state index is -4.69. The number of nitrogens with one attached hydrogen (secondary N) is 2. The zero-order valence-electron chi connectivity index (χ0n) is 29.7. The number of hydrogen-bond donors (Lipinski definition) is 2. The van der Waals surface area contributed by atoms with Crippen LogP contribution in [0.15, 0.2) is 78.0 Å². The quantitative estimate of drug-likeness (QED) is 0.134. The van der Waals surface area contributed by atoms with Crippen molar-refractivity contribution in [2.24, 2.45) is 0 Å². The molecule has 0 bridgehead atoms. The number of amides is 3. The van der Waals surface area contributed by atoms with Gasteiger partial charge in [0.05, 0.1) is 16.8 Å². The highest BCUT2D eigenvalue weighted by molar-refractivity contribution is 5.95. The smallest absolute Gasteiger partial charge is 0.408 e. The first-order valence-electron chi connectivity index (χ1n) is 17.4. The maximum Gasteiger partial charge on any atom is 0.408 e. The Labute approximate surface area is 304 Å². The van der Waals surface area contributed by atoms with Crippen molar-refractivity contribution in [3.63, 3.8) is 0 Å². The van der Waals surface area contributed by atoms with E-state index in [9.17, 15) is 27.6 Å². The fourth-order valence-electron chi connectivity index (χ4n) is 6.14. The van der Waals surface area contributed by atoms with Gasteiger partial charge in [-0.1, -0.05) is 37.1 Å². The number of carbonyl (C=O) groups excluding carboxylic acids is 2. The van der Waals surface area contributed by atoms with Gasteiger partial charge in [0.25, 0.3) is 5.56 Å². The Kier molecular flexibility index (Phi) is 10.8. The number of alkyl halides is 3. The van der Waals surface area contributed by atoms with Crippen LogP contribution in [0.1, 0.15) is 57.6 Å². The Bertz CT molecular complexity index is 2130. The topological polar surface area (TPSA) is 136 Å². The molecule has 3 aromatic heterocycles. The molecule has 0 fully saturated rings. The molecular formula is C38H41F3N8O4. The summed E-state index contributed by atoms with van der Waals surface area (Å²) in [6, 6.07) is 14.8. The summed E-state index contributed by atoms with van der Waals surface area (Å²) in [5.74, 6) is 0. The van der Waals surface area contributed by atoms with Gasteiger partial charge in [-0.2, -0.15) is 23.4 Å². The van der Waals surface area contributed by atoms with E-state index < -0.39 is 30.0 Å². The van der Waals surface area contributed by atoms with Crippen molar-refractivity contribution < 1.29 is 27.5 Å². The summed E-state index contributed by atoms with van der Waals surface area (Å²) in [6.45, 7) is 5.87. The lowest BCUT2D eigenvalue weighted by Gasteiger charge is -2.19. The van der Waals surface area contributed by atoms with Gasteiger partial charge in [0.15, 0.2) is 0 Å². The number of aromatic nitrogens is 5. The number of carbonyl (C=O) groups is 2. The van der Waals surface area contributed by atoms with Crippen molar-refractivity contribution in [2.75, 3.05) is 11.9 Å². The molecule has 53 heavy (non-hydrogen) atoms. The van der Waals surface area contributed by atoms with Crippen LogP contribution < -0.4 is 16.2 Å². The molecule has 2 N–H and O–H groups in total. The van der Waals surface area contributed by atoms with E-state index >= 15 is 0 Å². The molecule has 0 saturated carbocycles. The molecule has 3 amide bonds. The van der Waals surface area contributed by atoms with E-state index in [-0.39, 0.29) is 17.3 Å². The molecule has 0 aliphatic carbocycles. The number of hydrogen-bond acceptors (Lipinski definition) is 7. The number of urea groups is 1. The van der Waals surface area contributed by atoms with Crippen LogP contribution in [0.25, 0.3) is 33.3 Å². The van der Waals surface area contributed by atoms with Crippen LogP contribution in [0.3, 0.4) is 0 Å². The highest BCUT2D eigenvalue weighted by atomic mass is 19.4. The lowest BCUT2D eigenvalue weighted by Crippen LogP contribution is -2.32. The highest BCUT2D eigenvalue weighted by Crippen LogP contribution is 2.30. The molecule has 15 heteroatoms. The summed E-state index contributed by atoms with van der Waals surface area (Å²) < 4.78 is 48.4. The van der Waals surface area contributed by atoms with E-state index in [0.717, 1.165) is 36.8 Å². The summed E-state index contributed by atoms with van der Waals surface area (Å²) in [5.41, 5.74) is 2.80. The minimum Gasteiger partial charge on any atom is -0.444 e. The van der Waals surface area contributed by atoms with E-state index in [0.29, 0.717) is 58.6 Å². The normalized spacial score (nSPS) is 12.9. The van der Waals surface area contributed by atoms with Crippen LogP contribution in [0, 0.1) is 0 Å². The number of benzene rings is 2. The molecule has 0 spiro atoms. The minimum absolute atomic E-state index is 0.0577. The van der Waals surface area contributed by atoms with Crippen LogP contribution in [0.5, 0.6) is 0 Å². The van der Waals surface area contributed by atoms with E-state index in [1.165, 1.54) is 6.07 Å². The summed E-state index contributed by atoms with van der Waals surface area (Å²) in [7, 11) is 0. The maximum atomic E-state index is 13.7. The van der Waals surface area contributed by atoms with Gasteiger partial charge in [0.1, 0.15) is 12.1 Å². The summed E-state index contributed by atoms with van der Waals surface area (Å²) >= 11 is 0. The number of aryl methyl sites for hydroxylation is 1. The molecule has 6 rings (SSSR count). The summed E-state index contributed by atoms with van der Waals surface area (Å²) in [5, 5.41) is 15.0. The SMILES string of the molecule is CC(C)(C)OC(=O)NCCCCCCn1cc2c(-c3cc(-c4ccc(NC(=O)N5Cc6ccncc6C5)cc4)nn(CC(F)(F)F)c3=O)cccc2n1. The van der Waals surface area contributed by atoms with Gasteiger partial charge in [-0.05, 0) is 80.6 Å². The first-order chi connectivity index (χ1) is 25.2. The van der Waals surface area contributed by atoms with E-state index in [1.54, 1.807) is 70.6 Å². The van der Waals surface area contributed by atoms with Gasteiger partial charge < -0.3 is 20.3 Å². The predicted molar refractivity (Wildman–Crippen MR) is 194 cm³/mol. The molecule has 0 saturated heterocycles. The Morgan fingerprint density at radius 1 is 0.906 bits per heavy atom. The standard InChI is InChI=1S/C38H41F3N8O4/c1-37(2,3)53-36(52)43-16-6-4-5-7-18-48-23-31-29(9-8-10-32(31)45-48)30-19-33(46-49(34(30)50)24-38(39,40)41)25-11-13-28(14-12-25)44-35(51)47-21-26-15-17-42-20-27(26)22-47/h8-15,17,19-20,23H,4-7,16,18,21-22,24H2,1-3H3,(H,43,52)(H,44,51). The Morgan fingerprint density at radius 2 is 1.66 bits per heavy atom. The molecule has 1 aliphatic rings. The fraction of sp³-hybridized carbons (Fsp3) is 0.368. The number of nitrogens with zero attached hydrogens (tertiary/aromatic N) is 6. The number of pyridine rings is 1. The first-order valence-corrected chi connectivity index (χ1v) is 17.4. The first kappa shape index (κ1) is 37.0. The van der Waals surface area contributed by atoms with E-state index in [2.05, 4.69) is 25.8 Å². The van der Waals surface area contributed by atoms with Crippen molar-refractivity contribution in [3.05, 3.63) is 94.7 Å². The Hall–Kier alpha value is -5.73. The summed E-state index contributed by atoms with van der Waals surface area (Å²) in [6.07, 6.45) is 3.49. The molecule has 0 atom stereocenters. The van der Waals surface area contributed by atoms with Crippen LogP contribution >= 0.6 is 0 Å². The highest BCUT2D eigenvalue weighted by Gasteiger charge is 2.30. The maximum absolute atomic E-state index is 13.7. The second-order valence-corrected chi connectivity index (χ2v) is 14.0. The van der Waals surface area contributed by atoms with Crippen LogP contribution in [0.4, 0.5) is 28.4 Å². The molecule has 0 unspecified atom stereocenters. The van der Waals surface area contributed by atoms with Gasteiger partial charge in [0, 0.05) is 61.4 Å². The van der Waals surface area contributed by atoms with Crippen LogP contribution in [-0.4, -0.2) is 59.9 Å². The molecule has 5 aromatic rings. The second-order valence-electron chi connectivity index (χ2n) is 14.0. The largest absolute Gasteiger partial charge is 0.444 e. The number of halogens is 3. The van der Waals surface area contributed by atoms with Gasteiger partial charge in [-0.3, -0.25) is 14.5 Å². The number of anilines is 1. The van der Waals surface area contributed by atoms with Crippen molar-refractivity contribution >= 4 is 28.7 Å². The predicted octanol–water partition coefficient (Wildman–Crippen LogP) is 7.52. The number of fused-ring (bicyclic) bond motifs is 2. The third-order valence-corrected chi connectivity index (χ3v) is 8.62. The van der Waals surface area contributed by atoms with Crippen LogP contribution in [0.2, 0.25) is 0 Å². The zero-order chi connectivity index (χ0) is 37.8. The van der Waals surface area contributed by atoms with E-state index in [4.69, 9.17) is 4.74 Å². The van der Waals surface area contributed by atoms with Gasteiger partial charge in [0.2, 0.25) is 0 Å². The Balaban J connectivity index is 1.16. The molecule has 12 nitrogen and oxygen atoms in total. The zero-order valence-corrected chi connectivity index (χ0v) is 29.7. The Morgan fingerprint density at radius 3 is 2.40 bits per heavy atom. The van der Waals surface area contributed by atoms with E-state index in [1.807, 2.05) is 26.8 Å². The average Bonchev–Trinajstić information content (AvgIpc) is 3.72. The summed E-state index contributed by atoms with van der Waals surface area (Å²) in [4.78, 5) is 44.1.